The van der Waals surface area contributed by atoms with Gasteiger partial charge in [0.1, 0.15) is 5.78 Å². The molecule has 0 saturated heterocycles. The van der Waals surface area contributed by atoms with Crippen molar-refractivity contribution in [3.05, 3.63) is 0 Å². The zero-order valence-electron chi connectivity index (χ0n) is 7.04. The summed E-state index contributed by atoms with van der Waals surface area (Å²) in [5.74, 6) is -0.301. The summed E-state index contributed by atoms with van der Waals surface area (Å²) in [5.41, 5.74) is -0.613. The monoisotopic (exact) mass is 168 g/mol. The topological polar surface area (TPSA) is 54.4 Å². The minimum absolute atomic E-state index is 0.0519. The van der Waals surface area contributed by atoms with Crippen molar-refractivity contribution in [2.75, 3.05) is 0 Å². The van der Waals surface area contributed by atoms with E-state index in [4.69, 9.17) is 5.11 Å². The lowest BCUT2D eigenvalue weighted by molar-refractivity contribution is -0.151. The molecule has 0 radical (unpaired) electrons. The Balaban J connectivity index is 2.26. The molecule has 0 amide bonds. The number of Topliss-reactive ketones (excluding diaryl/α,β-unsaturated/α-hetero) is 1. The van der Waals surface area contributed by atoms with Gasteiger partial charge in [-0.2, -0.15) is 0 Å². The van der Waals surface area contributed by atoms with E-state index in [0.29, 0.717) is 12.8 Å². The highest BCUT2D eigenvalue weighted by Gasteiger charge is 2.56. The number of carbonyl (C=O) groups is 2. The molecule has 0 aliphatic heterocycles. The number of carboxylic acids is 1. The van der Waals surface area contributed by atoms with Crippen molar-refractivity contribution in [1.29, 1.82) is 0 Å². The van der Waals surface area contributed by atoms with Gasteiger partial charge in [0.15, 0.2) is 0 Å². The molecule has 12 heavy (non-hydrogen) atoms. The number of hydrogen-bond donors (Lipinski definition) is 1. The maximum Gasteiger partial charge on any atom is 0.309 e. The summed E-state index contributed by atoms with van der Waals surface area (Å²) in [6.07, 6.45) is 1.86. The smallest absolute Gasteiger partial charge is 0.309 e. The first-order chi connectivity index (χ1) is 5.54. The van der Waals surface area contributed by atoms with E-state index in [9.17, 15) is 9.59 Å². The Labute approximate surface area is 70.8 Å². The van der Waals surface area contributed by atoms with Crippen molar-refractivity contribution in [1.82, 2.24) is 0 Å². The van der Waals surface area contributed by atoms with Gasteiger partial charge < -0.3 is 5.11 Å². The molecule has 0 aromatic rings. The minimum Gasteiger partial charge on any atom is -0.481 e. The van der Waals surface area contributed by atoms with Crippen LogP contribution in [0.5, 0.6) is 0 Å². The second kappa shape index (κ2) is 2.09. The lowest BCUT2D eigenvalue weighted by Crippen LogP contribution is -2.35. The SMILES string of the molecule is C[C@@]1(C(=O)O)C[C@@H]2C[C@@H]1CC2=O. The summed E-state index contributed by atoms with van der Waals surface area (Å²) in [7, 11) is 0. The molecular weight excluding hydrogens is 156 g/mol. The van der Waals surface area contributed by atoms with Crippen LogP contribution in [-0.4, -0.2) is 16.9 Å². The van der Waals surface area contributed by atoms with Gasteiger partial charge in [0.25, 0.3) is 0 Å². The molecule has 3 atom stereocenters. The van der Waals surface area contributed by atoms with E-state index in [2.05, 4.69) is 0 Å². The summed E-state index contributed by atoms with van der Waals surface area (Å²) < 4.78 is 0. The van der Waals surface area contributed by atoms with Crippen molar-refractivity contribution in [3.63, 3.8) is 0 Å². The molecule has 0 unspecified atom stereocenters. The maximum atomic E-state index is 11.2. The average Bonchev–Trinajstić information content (AvgIpc) is 2.45. The van der Waals surface area contributed by atoms with Gasteiger partial charge in [-0.25, -0.2) is 0 Å². The summed E-state index contributed by atoms with van der Waals surface area (Å²) in [6, 6.07) is 0. The van der Waals surface area contributed by atoms with Gasteiger partial charge >= 0.3 is 5.97 Å². The molecule has 2 bridgehead atoms. The van der Waals surface area contributed by atoms with Crippen molar-refractivity contribution in [3.8, 4) is 0 Å². The van der Waals surface area contributed by atoms with Gasteiger partial charge in [-0.3, -0.25) is 9.59 Å². The highest BCUT2D eigenvalue weighted by molar-refractivity contribution is 5.88. The largest absolute Gasteiger partial charge is 0.481 e. The number of hydrogen-bond acceptors (Lipinski definition) is 2. The summed E-state index contributed by atoms with van der Waals surface area (Å²) in [6.45, 7) is 1.77. The number of carbonyl (C=O) groups excluding carboxylic acids is 1. The molecule has 3 heteroatoms. The lowest BCUT2D eigenvalue weighted by Gasteiger charge is -2.28. The molecule has 2 rings (SSSR count). The van der Waals surface area contributed by atoms with Gasteiger partial charge in [0.2, 0.25) is 0 Å². The molecular formula is C9H12O3. The normalized spacial score (nSPS) is 45.2. The first-order valence-corrected chi connectivity index (χ1v) is 4.30. The predicted octanol–water partition coefficient (Wildman–Crippen LogP) is 1.08. The fourth-order valence-corrected chi connectivity index (χ4v) is 2.59. The molecule has 0 spiro atoms. The van der Waals surface area contributed by atoms with E-state index in [1.807, 2.05) is 0 Å². The molecule has 0 heterocycles. The second-order valence-corrected chi connectivity index (χ2v) is 4.23. The molecule has 2 aliphatic rings. The Morgan fingerprint density at radius 3 is 2.67 bits per heavy atom. The highest BCUT2D eigenvalue weighted by Crippen LogP contribution is 2.54. The van der Waals surface area contributed by atoms with Gasteiger partial charge in [-0.05, 0) is 25.7 Å². The van der Waals surface area contributed by atoms with Crippen LogP contribution < -0.4 is 0 Å². The minimum atomic E-state index is -0.734. The average molecular weight is 168 g/mol. The van der Waals surface area contributed by atoms with E-state index >= 15 is 0 Å². The third kappa shape index (κ3) is 0.765. The number of aliphatic carboxylic acids is 1. The van der Waals surface area contributed by atoms with Crippen LogP contribution in [0.2, 0.25) is 0 Å². The summed E-state index contributed by atoms with van der Waals surface area (Å²) >= 11 is 0. The van der Waals surface area contributed by atoms with Crippen LogP contribution in [-0.2, 0) is 9.59 Å². The van der Waals surface area contributed by atoms with E-state index in [1.54, 1.807) is 6.92 Å². The Hall–Kier alpha value is -0.860. The Morgan fingerprint density at radius 2 is 2.33 bits per heavy atom. The quantitative estimate of drug-likeness (QED) is 0.637. The van der Waals surface area contributed by atoms with Crippen molar-refractivity contribution in [2.24, 2.45) is 17.3 Å². The molecule has 2 fully saturated rings. The molecule has 0 aromatic carbocycles. The van der Waals surface area contributed by atoms with Crippen LogP contribution >= 0.6 is 0 Å². The fourth-order valence-electron chi connectivity index (χ4n) is 2.59. The van der Waals surface area contributed by atoms with Crippen molar-refractivity contribution in [2.45, 2.75) is 26.2 Å². The van der Waals surface area contributed by atoms with Crippen LogP contribution in [0.4, 0.5) is 0 Å². The zero-order valence-corrected chi connectivity index (χ0v) is 7.04. The van der Waals surface area contributed by atoms with Crippen LogP contribution in [0.25, 0.3) is 0 Å². The first-order valence-electron chi connectivity index (χ1n) is 4.30. The van der Waals surface area contributed by atoms with Gasteiger partial charge in [-0.15, -0.1) is 0 Å². The van der Waals surface area contributed by atoms with Crippen LogP contribution in [0, 0.1) is 17.3 Å². The van der Waals surface area contributed by atoms with E-state index in [1.165, 1.54) is 0 Å². The molecule has 0 aromatic heterocycles. The van der Waals surface area contributed by atoms with E-state index < -0.39 is 11.4 Å². The number of fused-ring (bicyclic) bond motifs is 2. The molecule has 2 saturated carbocycles. The van der Waals surface area contributed by atoms with E-state index in [-0.39, 0.29) is 17.6 Å². The molecule has 1 N–H and O–H groups in total. The summed E-state index contributed by atoms with van der Waals surface area (Å²) in [4.78, 5) is 22.1. The van der Waals surface area contributed by atoms with Crippen LogP contribution in [0.1, 0.15) is 26.2 Å². The van der Waals surface area contributed by atoms with Crippen LogP contribution in [0.15, 0.2) is 0 Å². The molecule has 66 valence electrons. The van der Waals surface area contributed by atoms with E-state index in [0.717, 1.165) is 6.42 Å². The molecule has 3 nitrogen and oxygen atoms in total. The molecule has 2 aliphatic carbocycles. The fraction of sp³-hybridized carbons (Fsp3) is 0.778. The van der Waals surface area contributed by atoms with Crippen molar-refractivity contribution >= 4 is 11.8 Å². The van der Waals surface area contributed by atoms with Gasteiger partial charge in [0.05, 0.1) is 5.41 Å². The first kappa shape index (κ1) is 7.77. The zero-order chi connectivity index (χ0) is 8.93. The number of carboxylic acid groups (broad SMARTS) is 1. The standard InChI is InChI=1S/C9H12O3/c1-9(8(11)12)4-5-2-6(9)3-7(5)10/h5-6H,2-4H2,1H3,(H,11,12)/t5-,6+,9+/m0/s1. The number of rotatable bonds is 1. The summed E-state index contributed by atoms with van der Waals surface area (Å²) in [5, 5.41) is 8.97. The second-order valence-electron chi connectivity index (χ2n) is 4.23. The third-order valence-electron chi connectivity index (χ3n) is 3.53. The Bertz CT molecular complexity index is 258. The number of ketones is 1. The third-order valence-corrected chi connectivity index (χ3v) is 3.53. The Morgan fingerprint density at radius 1 is 1.67 bits per heavy atom. The highest BCUT2D eigenvalue weighted by atomic mass is 16.4. The maximum absolute atomic E-state index is 11.2. The predicted molar refractivity (Wildman–Crippen MR) is 41.6 cm³/mol. The van der Waals surface area contributed by atoms with Crippen molar-refractivity contribution < 1.29 is 14.7 Å². The lowest BCUT2D eigenvalue weighted by atomic mass is 9.74. The van der Waals surface area contributed by atoms with Crippen LogP contribution in [0.3, 0.4) is 0 Å². The van der Waals surface area contributed by atoms with Gasteiger partial charge in [0, 0.05) is 12.3 Å². The van der Waals surface area contributed by atoms with Gasteiger partial charge in [-0.1, -0.05) is 0 Å². The Kier molecular flexibility index (Phi) is 1.35.